The summed E-state index contributed by atoms with van der Waals surface area (Å²) in [5.74, 6) is -0.226. The number of carbonyl (C=O) groups is 1. The van der Waals surface area contributed by atoms with Gasteiger partial charge in [-0.25, -0.2) is 8.42 Å². The average Bonchev–Trinajstić information content (AvgIpc) is 3.12. The van der Waals surface area contributed by atoms with Gasteiger partial charge in [-0.1, -0.05) is 35.3 Å². The highest BCUT2D eigenvalue weighted by atomic mass is 35.5. The van der Waals surface area contributed by atoms with Gasteiger partial charge in [0, 0.05) is 18.8 Å². The van der Waals surface area contributed by atoms with E-state index >= 15 is 0 Å². The van der Waals surface area contributed by atoms with E-state index in [4.69, 9.17) is 23.2 Å². The van der Waals surface area contributed by atoms with Crippen LogP contribution in [0.4, 0.5) is 11.4 Å². The van der Waals surface area contributed by atoms with Gasteiger partial charge in [0.25, 0.3) is 0 Å². The fraction of sp³-hybridized carbons (Fsp3) is 0.381. The molecule has 0 aliphatic carbocycles. The molecule has 0 spiro atoms. The molecule has 2 aromatic carbocycles. The van der Waals surface area contributed by atoms with Crippen LogP contribution in [0.2, 0.25) is 10.0 Å². The van der Waals surface area contributed by atoms with Crippen LogP contribution in [-0.4, -0.2) is 47.6 Å². The number of hydrogen-bond donors (Lipinski definition) is 3. The second kappa shape index (κ2) is 9.30. The molecular formula is C21H23Cl2N3O4S2. The van der Waals surface area contributed by atoms with E-state index in [1.807, 2.05) is 24.3 Å². The Kier molecular flexibility index (Phi) is 6.84. The van der Waals surface area contributed by atoms with Crippen LogP contribution in [0, 0.1) is 5.92 Å². The number of aliphatic carboxylic acids is 1. The standard InChI is InChI=1S/C21H23Cl2N3O4S2/c22-16-8-7-15(10-17(16)23)32(29,30)26-9-3-4-14(12-26)13-31-21(11-20(27)28)24-18-5-1-2-6-19(18)25-21/h1-2,5-8,10,14,24-25H,3-4,9,11-13H2,(H,27,28). The Bertz CT molecular complexity index is 1100. The lowest BCUT2D eigenvalue weighted by atomic mass is 10.0. The highest BCUT2D eigenvalue weighted by Gasteiger charge is 2.40. The second-order valence-corrected chi connectivity index (χ2v) is 12.0. The Morgan fingerprint density at radius 2 is 1.84 bits per heavy atom. The van der Waals surface area contributed by atoms with Gasteiger partial charge in [0.15, 0.2) is 4.99 Å². The lowest BCUT2D eigenvalue weighted by Gasteiger charge is -2.35. The van der Waals surface area contributed by atoms with Gasteiger partial charge in [-0.05, 0) is 49.1 Å². The van der Waals surface area contributed by atoms with E-state index in [1.54, 1.807) is 0 Å². The van der Waals surface area contributed by atoms with Crippen molar-refractivity contribution < 1.29 is 18.3 Å². The summed E-state index contributed by atoms with van der Waals surface area (Å²) in [6.45, 7) is 0.803. The molecule has 2 aliphatic heterocycles. The summed E-state index contributed by atoms with van der Waals surface area (Å²) in [6.07, 6.45) is 1.49. The first-order chi connectivity index (χ1) is 15.2. The quantitative estimate of drug-likeness (QED) is 0.487. The number of hydrogen-bond acceptors (Lipinski definition) is 6. The third-order valence-electron chi connectivity index (χ3n) is 5.58. The van der Waals surface area contributed by atoms with Crippen LogP contribution in [0.15, 0.2) is 47.4 Å². The van der Waals surface area contributed by atoms with Gasteiger partial charge in [-0.2, -0.15) is 4.31 Å². The Hall–Kier alpha value is -1.65. The predicted molar refractivity (Wildman–Crippen MR) is 129 cm³/mol. The number of rotatable bonds is 7. The third kappa shape index (κ3) is 4.97. The summed E-state index contributed by atoms with van der Waals surface area (Å²) in [4.78, 5) is 10.8. The predicted octanol–water partition coefficient (Wildman–Crippen LogP) is 4.79. The van der Waals surface area contributed by atoms with Crippen molar-refractivity contribution in [2.75, 3.05) is 29.5 Å². The molecule has 0 saturated carbocycles. The molecule has 4 rings (SSSR count). The molecule has 3 N–H and O–H groups in total. The summed E-state index contributed by atoms with van der Waals surface area (Å²) < 4.78 is 27.7. The van der Waals surface area contributed by atoms with E-state index in [9.17, 15) is 18.3 Å². The molecule has 7 nitrogen and oxygen atoms in total. The van der Waals surface area contributed by atoms with Gasteiger partial charge >= 0.3 is 5.97 Å². The Labute approximate surface area is 201 Å². The number of halogens is 2. The lowest BCUT2D eigenvalue weighted by molar-refractivity contribution is -0.137. The van der Waals surface area contributed by atoms with Crippen molar-refractivity contribution in [1.29, 1.82) is 0 Å². The van der Waals surface area contributed by atoms with Gasteiger partial charge in [0.05, 0.1) is 32.7 Å². The zero-order valence-corrected chi connectivity index (χ0v) is 20.2. The van der Waals surface area contributed by atoms with E-state index in [1.165, 1.54) is 34.3 Å². The van der Waals surface area contributed by atoms with Crippen molar-refractivity contribution >= 4 is 62.3 Å². The number of carboxylic acid groups (broad SMARTS) is 1. The molecule has 0 aromatic heterocycles. The summed E-state index contributed by atoms with van der Waals surface area (Å²) in [5.41, 5.74) is 1.71. The Morgan fingerprint density at radius 1 is 1.16 bits per heavy atom. The summed E-state index contributed by atoms with van der Waals surface area (Å²) >= 11 is 13.4. The van der Waals surface area contributed by atoms with Crippen molar-refractivity contribution in [3.8, 4) is 0 Å². The number of fused-ring (bicyclic) bond motifs is 1. The Balaban J connectivity index is 1.45. The summed E-state index contributed by atoms with van der Waals surface area (Å²) in [7, 11) is -3.69. The number of sulfonamides is 1. The van der Waals surface area contributed by atoms with Gasteiger partial charge in [-0.3, -0.25) is 4.79 Å². The maximum Gasteiger partial charge on any atom is 0.308 e. The van der Waals surface area contributed by atoms with Crippen LogP contribution in [0.25, 0.3) is 0 Å². The van der Waals surface area contributed by atoms with Gasteiger partial charge in [-0.15, -0.1) is 11.8 Å². The molecule has 172 valence electrons. The molecule has 1 atom stereocenters. The first-order valence-corrected chi connectivity index (χ1v) is 13.3. The van der Waals surface area contributed by atoms with Gasteiger partial charge in [0.2, 0.25) is 10.0 Å². The third-order valence-corrected chi connectivity index (χ3v) is 9.66. The number of nitrogens with one attached hydrogen (secondary N) is 2. The Morgan fingerprint density at radius 3 is 2.47 bits per heavy atom. The van der Waals surface area contributed by atoms with E-state index in [0.29, 0.717) is 23.9 Å². The highest BCUT2D eigenvalue weighted by molar-refractivity contribution is 8.00. The fourth-order valence-electron chi connectivity index (χ4n) is 4.02. The van der Waals surface area contributed by atoms with E-state index < -0.39 is 21.0 Å². The number of piperidine rings is 1. The molecule has 1 fully saturated rings. The van der Waals surface area contributed by atoms with Crippen LogP contribution in [-0.2, 0) is 14.8 Å². The number of nitrogens with zero attached hydrogens (tertiary/aromatic N) is 1. The molecule has 0 bridgehead atoms. The number of para-hydroxylation sites is 2. The van der Waals surface area contributed by atoms with Gasteiger partial charge in [0.1, 0.15) is 0 Å². The first kappa shape index (κ1) is 23.5. The number of carboxylic acids is 1. The van der Waals surface area contributed by atoms with E-state index in [0.717, 1.165) is 24.2 Å². The maximum absolute atomic E-state index is 13.1. The molecule has 2 aliphatic rings. The molecule has 1 unspecified atom stereocenters. The average molecular weight is 516 g/mol. The van der Waals surface area contributed by atoms with Crippen molar-refractivity contribution in [3.05, 3.63) is 52.5 Å². The van der Waals surface area contributed by atoms with Crippen molar-refractivity contribution in [3.63, 3.8) is 0 Å². The molecule has 0 amide bonds. The summed E-state index contributed by atoms with van der Waals surface area (Å²) in [5, 5.41) is 16.6. The zero-order chi connectivity index (χ0) is 22.9. The highest BCUT2D eigenvalue weighted by Crippen LogP contribution is 2.43. The number of benzene rings is 2. The zero-order valence-electron chi connectivity index (χ0n) is 17.1. The van der Waals surface area contributed by atoms with Crippen LogP contribution < -0.4 is 10.6 Å². The molecule has 2 heterocycles. The molecular weight excluding hydrogens is 493 g/mol. The van der Waals surface area contributed by atoms with Crippen LogP contribution in [0.1, 0.15) is 19.3 Å². The number of anilines is 2. The minimum absolute atomic E-state index is 0.0873. The van der Waals surface area contributed by atoms with E-state index in [2.05, 4.69) is 10.6 Å². The van der Waals surface area contributed by atoms with Crippen LogP contribution >= 0.6 is 35.0 Å². The molecule has 11 heteroatoms. The normalized spacial score (nSPS) is 20.2. The largest absolute Gasteiger partial charge is 0.481 e. The van der Waals surface area contributed by atoms with E-state index in [-0.39, 0.29) is 22.3 Å². The van der Waals surface area contributed by atoms with Crippen molar-refractivity contribution in [1.82, 2.24) is 4.31 Å². The monoisotopic (exact) mass is 515 g/mol. The molecule has 0 radical (unpaired) electrons. The SMILES string of the molecule is O=C(O)CC1(SCC2CCCN(S(=O)(=O)c3ccc(Cl)c(Cl)c3)C2)Nc2ccccc2N1. The second-order valence-electron chi connectivity index (χ2n) is 7.95. The minimum atomic E-state index is -3.69. The van der Waals surface area contributed by atoms with Crippen molar-refractivity contribution in [2.45, 2.75) is 29.2 Å². The smallest absolute Gasteiger partial charge is 0.308 e. The minimum Gasteiger partial charge on any atom is -0.481 e. The maximum atomic E-state index is 13.1. The number of thioether (sulfide) groups is 1. The topological polar surface area (TPSA) is 98.7 Å². The van der Waals surface area contributed by atoms with Crippen LogP contribution in [0.5, 0.6) is 0 Å². The first-order valence-electron chi connectivity index (χ1n) is 10.1. The lowest BCUT2D eigenvalue weighted by Crippen LogP contribution is -2.44. The molecule has 2 aromatic rings. The summed E-state index contributed by atoms with van der Waals surface area (Å²) in [6, 6.07) is 11.9. The fourth-order valence-corrected chi connectivity index (χ4v) is 7.35. The van der Waals surface area contributed by atoms with Gasteiger partial charge < -0.3 is 15.7 Å². The molecule has 32 heavy (non-hydrogen) atoms. The molecule has 1 saturated heterocycles. The van der Waals surface area contributed by atoms with Crippen LogP contribution in [0.3, 0.4) is 0 Å². The van der Waals surface area contributed by atoms with Crippen molar-refractivity contribution in [2.24, 2.45) is 5.92 Å².